The predicted octanol–water partition coefficient (Wildman–Crippen LogP) is 3.82. The minimum Gasteiger partial charge on any atom is -0.339 e. The zero-order valence-corrected chi connectivity index (χ0v) is 18.9. The molecular weight excluding hydrogens is 434 g/mol. The molecule has 1 aliphatic heterocycles. The van der Waals surface area contributed by atoms with Crippen LogP contribution in [0.2, 0.25) is 5.02 Å². The summed E-state index contributed by atoms with van der Waals surface area (Å²) in [5.41, 5.74) is 2.74. The lowest BCUT2D eigenvalue weighted by molar-refractivity contribution is 0.0793. The predicted molar refractivity (Wildman–Crippen MR) is 123 cm³/mol. The summed E-state index contributed by atoms with van der Waals surface area (Å²) in [6.07, 6.45) is 7.37. The van der Waals surface area contributed by atoms with Gasteiger partial charge in [-0.1, -0.05) is 49.2 Å². The molecule has 3 heterocycles. The second kappa shape index (κ2) is 8.77. The van der Waals surface area contributed by atoms with E-state index in [1.54, 1.807) is 12.1 Å². The van der Waals surface area contributed by atoms with Crippen molar-refractivity contribution in [3.8, 4) is 23.5 Å². The first-order valence-electron chi connectivity index (χ1n) is 10.1. The zero-order valence-electron chi connectivity index (χ0n) is 17.3. The summed E-state index contributed by atoms with van der Waals surface area (Å²) >= 11 is 7.82. The van der Waals surface area contributed by atoms with Crippen LogP contribution in [-0.4, -0.2) is 49.2 Å². The summed E-state index contributed by atoms with van der Waals surface area (Å²) in [6, 6.07) is 5.34. The number of benzene rings is 1. The van der Waals surface area contributed by atoms with Crippen LogP contribution in [0.4, 0.5) is 0 Å². The number of aromatic nitrogens is 4. The molecule has 1 fully saturated rings. The lowest BCUT2D eigenvalue weighted by atomic mass is 9.98. The van der Waals surface area contributed by atoms with Gasteiger partial charge in [0.1, 0.15) is 0 Å². The third-order valence-corrected chi connectivity index (χ3v) is 6.31. The summed E-state index contributed by atoms with van der Waals surface area (Å²) in [5, 5.41) is 5.30. The summed E-state index contributed by atoms with van der Waals surface area (Å²) in [4.78, 5) is 34.5. The quantitative estimate of drug-likeness (QED) is 0.467. The van der Waals surface area contributed by atoms with E-state index in [2.05, 4.69) is 21.0 Å². The Morgan fingerprint density at radius 3 is 2.74 bits per heavy atom. The molecule has 31 heavy (non-hydrogen) atoms. The van der Waals surface area contributed by atoms with E-state index in [0.717, 1.165) is 42.8 Å². The molecule has 160 valence electrons. The highest BCUT2D eigenvalue weighted by Crippen LogP contribution is 2.34. The number of hydrogen-bond acceptors (Lipinski definition) is 5. The van der Waals surface area contributed by atoms with Crippen molar-refractivity contribution in [1.29, 1.82) is 0 Å². The van der Waals surface area contributed by atoms with Crippen LogP contribution >= 0.6 is 23.4 Å². The smallest absolute Gasteiger partial charge is 0.339 e. The molecule has 4 rings (SSSR count). The number of carbonyl (C=O) groups excluding carboxylic acids is 1. The van der Waals surface area contributed by atoms with Gasteiger partial charge in [0.25, 0.3) is 5.91 Å². The van der Waals surface area contributed by atoms with Crippen LogP contribution in [0, 0.1) is 12.3 Å². The molecule has 7 nitrogen and oxygen atoms in total. The number of amides is 1. The van der Waals surface area contributed by atoms with E-state index in [0.29, 0.717) is 27.1 Å². The minimum atomic E-state index is -0.385. The fourth-order valence-electron chi connectivity index (χ4n) is 3.73. The normalized spacial score (nSPS) is 13.8. The number of aromatic amines is 1. The van der Waals surface area contributed by atoms with Gasteiger partial charge in [-0.2, -0.15) is 9.61 Å². The molecule has 1 saturated heterocycles. The maximum absolute atomic E-state index is 12.8. The number of likely N-dealkylation sites (tertiary alicyclic amines) is 1. The first-order valence-corrected chi connectivity index (χ1v) is 11.5. The Morgan fingerprint density at radius 1 is 1.35 bits per heavy atom. The molecule has 0 unspecified atom stereocenters. The Balaban J connectivity index is 1.84. The van der Waals surface area contributed by atoms with Crippen molar-refractivity contribution in [3.05, 3.63) is 45.0 Å². The molecule has 1 N–H and O–H groups in total. The first-order chi connectivity index (χ1) is 14.9. The third kappa shape index (κ3) is 4.08. The largest absolute Gasteiger partial charge is 0.350 e. The number of thioether (sulfide) groups is 1. The lowest BCUT2D eigenvalue weighted by Gasteiger charge is -2.16. The molecule has 2 aromatic heterocycles. The molecule has 1 aliphatic rings. The van der Waals surface area contributed by atoms with E-state index in [4.69, 9.17) is 18.0 Å². The Kier molecular flexibility index (Phi) is 6.08. The Morgan fingerprint density at radius 2 is 2.10 bits per heavy atom. The first kappa shape index (κ1) is 21.5. The van der Waals surface area contributed by atoms with E-state index in [1.165, 1.54) is 16.3 Å². The average Bonchev–Trinajstić information content (AvgIpc) is 3.40. The topological polar surface area (TPSA) is 83.4 Å². The van der Waals surface area contributed by atoms with Crippen molar-refractivity contribution in [2.24, 2.45) is 0 Å². The van der Waals surface area contributed by atoms with Gasteiger partial charge >= 0.3 is 5.69 Å². The van der Waals surface area contributed by atoms with Crippen molar-refractivity contribution in [2.75, 3.05) is 18.8 Å². The van der Waals surface area contributed by atoms with Gasteiger partial charge in [-0.25, -0.2) is 9.78 Å². The van der Waals surface area contributed by atoms with Crippen molar-refractivity contribution >= 4 is 34.9 Å². The molecule has 0 atom stereocenters. The van der Waals surface area contributed by atoms with Crippen molar-refractivity contribution in [1.82, 2.24) is 24.5 Å². The Labute approximate surface area is 189 Å². The van der Waals surface area contributed by atoms with E-state index in [9.17, 15) is 9.59 Å². The third-order valence-electron chi connectivity index (χ3n) is 5.22. The van der Waals surface area contributed by atoms with Crippen LogP contribution < -0.4 is 5.69 Å². The number of hydrogen-bond donors (Lipinski definition) is 1. The molecule has 0 radical (unpaired) electrons. The molecule has 3 aromatic rings. The fourth-order valence-corrected chi connectivity index (χ4v) is 4.53. The molecule has 1 amide bonds. The summed E-state index contributed by atoms with van der Waals surface area (Å²) < 4.78 is 1.27. The van der Waals surface area contributed by atoms with Crippen LogP contribution in [0.1, 0.15) is 48.7 Å². The van der Waals surface area contributed by atoms with Crippen LogP contribution in [0.15, 0.2) is 28.2 Å². The number of halogens is 1. The maximum Gasteiger partial charge on any atom is 0.350 e. The van der Waals surface area contributed by atoms with Gasteiger partial charge in [0.15, 0.2) is 10.8 Å². The molecule has 0 spiro atoms. The average molecular weight is 456 g/mol. The number of carbonyl (C=O) groups is 1. The summed E-state index contributed by atoms with van der Waals surface area (Å²) in [7, 11) is 0. The number of H-pyrrole nitrogens is 1. The van der Waals surface area contributed by atoms with Crippen LogP contribution in [0.25, 0.3) is 16.8 Å². The number of nitrogens with zero attached hydrogens (tertiary/aromatic N) is 4. The van der Waals surface area contributed by atoms with Crippen LogP contribution in [-0.2, 0) is 0 Å². The van der Waals surface area contributed by atoms with E-state index >= 15 is 0 Å². The van der Waals surface area contributed by atoms with Crippen molar-refractivity contribution in [2.45, 2.75) is 37.8 Å². The fraction of sp³-hybridized carbons (Fsp3) is 0.364. The van der Waals surface area contributed by atoms with Gasteiger partial charge in [-0.3, -0.25) is 9.78 Å². The number of fused-ring (bicyclic) bond motifs is 1. The Bertz CT molecular complexity index is 1250. The van der Waals surface area contributed by atoms with E-state index < -0.39 is 0 Å². The van der Waals surface area contributed by atoms with Crippen LogP contribution in [0.3, 0.4) is 0 Å². The standard InChI is InChI=1S/C22H22ClN5O2S/c1-4-11-31-21-24-19-17(18(13(2)3)26-28(19)22(30)25-21)14-7-8-15(16(23)12-14)20(29)27-9-5-6-10-27/h1,7-8,12-13H,5-6,9-11H2,2-3H3,(H,24,25,30). The molecule has 1 aromatic carbocycles. The summed E-state index contributed by atoms with van der Waals surface area (Å²) in [5.74, 6) is 2.90. The van der Waals surface area contributed by atoms with Gasteiger partial charge in [-0.05, 0) is 36.5 Å². The molecular formula is C22H22ClN5O2S. The van der Waals surface area contributed by atoms with Crippen LogP contribution in [0.5, 0.6) is 0 Å². The SMILES string of the molecule is C#CCSc1nc2c(-c3ccc(C(=O)N4CCCC4)c(Cl)c3)c(C(C)C)nn2c(=O)[nH]1. The molecule has 0 aliphatic carbocycles. The van der Waals surface area contributed by atoms with Gasteiger partial charge in [0.05, 0.1) is 27.6 Å². The maximum atomic E-state index is 12.8. The van der Waals surface area contributed by atoms with E-state index in [1.807, 2.05) is 24.8 Å². The second-order valence-electron chi connectivity index (χ2n) is 7.68. The number of rotatable bonds is 5. The zero-order chi connectivity index (χ0) is 22.1. The van der Waals surface area contributed by atoms with E-state index in [-0.39, 0.29) is 17.5 Å². The highest BCUT2D eigenvalue weighted by Gasteiger charge is 2.24. The highest BCUT2D eigenvalue weighted by atomic mass is 35.5. The number of nitrogens with one attached hydrogen (secondary N) is 1. The van der Waals surface area contributed by atoms with Gasteiger partial charge < -0.3 is 4.90 Å². The van der Waals surface area contributed by atoms with Gasteiger partial charge in [0, 0.05) is 13.1 Å². The second-order valence-corrected chi connectivity index (χ2v) is 9.06. The van der Waals surface area contributed by atoms with Crippen molar-refractivity contribution in [3.63, 3.8) is 0 Å². The monoisotopic (exact) mass is 455 g/mol. The highest BCUT2D eigenvalue weighted by molar-refractivity contribution is 7.99. The molecule has 0 bridgehead atoms. The Hall–Kier alpha value is -2.76. The summed E-state index contributed by atoms with van der Waals surface area (Å²) in [6.45, 7) is 5.52. The van der Waals surface area contributed by atoms with Gasteiger partial charge in [-0.15, -0.1) is 6.42 Å². The van der Waals surface area contributed by atoms with Crippen molar-refractivity contribution < 1.29 is 4.79 Å². The minimum absolute atomic E-state index is 0.0441. The number of terminal acetylenes is 1. The molecule has 0 saturated carbocycles. The molecule has 9 heteroatoms. The lowest BCUT2D eigenvalue weighted by Crippen LogP contribution is -2.27. The van der Waals surface area contributed by atoms with Gasteiger partial charge in [0.2, 0.25) is 0 Å².